The number of ether oxygens (including phenoxy) is 1. The van der Waals surface area contributed by atoms with Crippen LogP contribution < -0.4 is 5.32 Å². The van der Waals surface area contributed by atoms with Crippen LogP contribution in [0.3, 0.4) is 0 Å². The number of nitrogens with one attached hydrogen (secondary N) is 1. The highest BCUT2D eigenvalue weighted by atomic mass is 16.5. The Hall–Kier alpha value is -0.910. The highest BCUT2D eigenvalue weighted by Gasteiger charge is 2.24. The van der Waals surface area contributed by atoms with E-state index in [0.29, 0.717) is 12.1 Å². The standard InChI is InChI=1S/C13H22N4O/c1-11(8-12-10-18-7-3-14-12)17-6-5-16-4-2-15-13(16)9-17/h2,4,11-12,14H,3,5-10H2,1H3. The number of aromatic nitrogens is 2. The molecule has 1 aromatic rings. The molecule has 100 valence electrons. The van der Waals surface area contributed by atoms with Crippen LogP contribution in [0.4, 0.5) is 0 Å². The molecule has 3 rings (SSSR count). The molecule has 5 heteroatoms. The predicted molar refractivity (Wildman–Crippen MR) is 69.3 cm³/mol. The topological polar surface area (TPSA) is 42.3 Å². The number of rotatable bonds is 3. The average molecular weight is 250 g/mol. The largest absolute Gasteiger partial charge is 0.379 e. The van der Waals surface area contributed by atoms with Crippen LogP contribution in [-0.4, -0.2) is 52.8 Å². The van der Waals surface area contributed by atoms with Crippen molar-refractivity contribution < 1.29 is 4.74 Å². The van der Waals surface area contributed by atoms with Gasteiger partial charge < -0.3 is 14.6 Å². The van der Waals surface area contributed by atoms with E-state index in [1.165, 1.54) is 5.82 Å². The Kier molecular flexibility index (Phi) is 3.63. The minimum atomic E-state index is 0.510. The van der Waals surface area contributed by atoms with Gasteiger partial charge in [-0.2, -0.15) is 0 Å². The third kappa shape index (κ3) is 2.58. The van der Waals surface area contributed by atoms with Crippen LogP contribution in [0.15, 0.2) is 12.4 Å². The van der Waals surface area contributed by atoms with Gasteiger partial charge in [0.25, 0.3) is 0 Å². The van der Waals surface area contributed by atoms with Crippen LogP contribution in [0.1, 0.15) is 19.2 Å². The van der Waals surface area contributed by atoms with Crippen molar-refractivity contribution in [2.75, 3.05) is 26.3 Å². The molecular weight excluding hydrogens is 228 g/mol. The smallest absolute Gasteiger partial charge is 0.122 e. The maximum atomic E-state index is 5.52. The van der Waals surface area contributed by atoms with E-state index < -0.39 is 0 Å². The fourth-order valence-corrected chi connectivity index (χ4v) is 2.90. The number of fused-ring (bicyclic) bond motifs is 1. The first-order valence-corrected chi connectivity index (χ1v) is 6.88. The molecule has 2 unspecified atom stereocenters. The lowest BCUT2D eigenvalue weighted by molar-refractivity contribution is 0.0578. The summed E-state index contributed by atoms with van der Waals surface area (Å²) in [4.78, 5) is 6.94. The van der Waals surface area contributed by atoms with Crippen LogP contribution >= 0.6 is 0 Å². The van der Waals surface area contributed by atoms with E-state index in [4.69, 9.17) is 4.74 Å². The third-order valence-electron chi connectivity index (χ3n) is 4.02. The van der Waals surface area contributed by atoms with Gasteiger partial charge in [-0.25, -0.2) is 4.98 Å². The van der Waals surface area contributed by atoms with E-state index in [1.807, 2.05) is 6.20 Å². The van der Waals surface area contributed by atoms with Gasteiger partial charge >= 0.3 is 0 Å². The second-order valence-corrected chi connectivity index (χ2v) is 5.32. The first-order valence-electron chi connectivity index (χ1n) is 6.88. The number of nitrogens with zero attached hydrogens (tertiary/aromatic N) is 3. The van der Waals surface area contributed by atoms with Gasteiger partial charge in [0, 0.05) is 44.1 Å². The fraction of sp³-hybridized carbons (Fsp3) is 0.769. The molecule has 5 nitrogen and oxygen atoms in total. The van der Waals surface area contributed by atoms with Crippen molar-refractivity contribution in [3.63, 3.8) is 0 Å². The third-order valence-corrected chi connectivity index (χ3v) is 4.02. The number of imidazole rings is 1. The first-order chi connectivity index (χ1) is 8.83. The minimum absolute atomic E-state index is 0.510. The SMILES string of the molecule is CC(CC1COCCN1)N1CCn2ccnc2C1. The summed E-state index contributed by atoms with van der Waals surface area (Å²) >= 11 is 0. The lowest BCUT2D eigenvalue weighted by Crippen LogP contribution is -2.47. The summed E-state index contributed by atoms with van der Waals surface area (Å²) in [5, 5.41) is 3.53. The average Bonchev–Trinajstić information content (AvgIpc) is 2.87. The molecule has 2 atom stereocenters. The predicted octanol–water partition coefficient (Wildman–Crippen LogP) is 0.466. The number of hydrogen-bond donors (Lipinski definition) is 1. The van der Waals surface area contributed by atoms with E-state index in [1.54, 1.807) is 0 Å². The van der Waals surface area contributed by atoms with Gasteiger partial charge in [-0.3, -0.25) is 4.90 Å². The van der Waals surface area contributed by atoms with Crippen molar-refractivity contribution in [1.29, 1.82) is 0 Å². The van der Waals surface area contributed by atoms with E-state index in [9.17, 15) is 0 Å². The minimum Gasteiger partial charge on any atom is -0.379 e. The molecule has 0 saturated carbocycles. The van der Waals surface area contributed by atoms with Crippen molar-refractivity contribution >= 4 is 0 Å². The van der Waals surface area contributed by atoms with Gasteiger partial charge in [-0.05, 0) is 13.3 Å². The molecule has 0 spiro atoms. The van der Waals surface area contributed by atoms with Gasteiger partial charge in [-0.1, -0.05) is 0 Å². The summed E-state index contributed by atoms with van der Waals surface area (Å²) in [6.45, 7) is 8.17. The molecule has 18 heavy (non-hydrogen) atoms. The van der Waals surface area contributed by atoms with Crippen LogP contribution in [0.2, 0.25) is 0 Å². The summed E-state index contributed by atoms with van der Waals surface area (Å²) in [6, 6.07) is 1.09. The summed E-state index contributed by atoms with van der Waals surface area (Å²) in [7, 11) is 0. The zero-order valence-electron chi connectivity index (χ0n) is 11.0. The van der Waals surface area contributed by atoms with E-state index in [0.717, 1.165) is 45.8 Å². The zero-order valence-corrected chi connectivity index (χ0v) is 11.0. The molecule has 0 amide bonds. The van der Waals surface area contributed by atoms with Crippen molar-refractivity contribution in [3.8, 4) is 0 Å². The Bertz CT molecular complexity index is 386. The van der Waals surface area contributed by atoms with Crippen LogP contribution in [-0.2, 0) is 17.8 Å². The van der Waals surface area contributed by atoms with Gasteiger partial charge in [0.15, 0.2) is 0 Å². The van der Waals surface area contributed by atoms with Crippen LogP contribution in [0.25, 0.3) is 0 Å². The van der Waals surface area contributed by atoms with E-state index >= 15 is 0 Å². The van der Waals surface area contributed by atoms with Gasteiger partial charge in [0.1, 0.15) is 5.82 Å². The highest BCUT2D eigenvalue weighted by molar-refractivity contribution is 4.96. The molecule has 3 heterocycles. The van der Waals surface area contributed by atoms with Crippen molar-refractivity contribution in [2.45, 2.75) is 38.5 Å². The quantitative estimate of drug-likeness (QED) is 0.846. The molecule has 0 aromatic carbocycles. The molecule has 1 fully saturated rings. The Balaban J connectivity index is 1.55. The molecule has 1 aromatic heterocycles. The number of hydrogen-bond acceptors (Lipinski definition) is 4. The monoisotopic (exact) mass is 250 g/mol. The molecule has 0 radical (unpaired) electrons. The van der Waals surface area contributed by atoms with Crippen molar-refractivity contribution in [1.82, 2.24) is 19.8 Å². The molecule has 1 N–H and O–H groups in total. The summed E-state index contributed by atoms with van der Waals surface area (Å²) in [5.41, 5.74) is 0. The Morgan fingerprint density at radius 1 is 1.56 bits per heavy atom. The summed E-state index contributed by atoms with van der Waals surface area (Å²) in [5.74, 6) is 1.20. The highest BCUT2D eigenvalue weighted by Crippen LogP contribution is 2.16. The Labute approximate surface area is 108 Å². The summed E-state index contributed by atoms with van der Waals surface area (Å²) in [6.07, 6.45) is 5.13. The molecule has 2 aliphatic rings. The van der Waals surface area contributed by atoms with Crippen LogP contribution in [0.5, 0.6) is 0 Å². The molecule has 0 aliphatic carbocycles. The fourth-order valence-electron chi connectivity index (χ4n) is 2.90. The van der Waals surface area contributed by atoms with Gasteiger partial charge in [0.2, 0.25) is 0 Å². The molecule has 0 bridgehead atoms. The lowest BCUT2D eigenvalue weighted by atomic mass is 10.1. The maximum absolute atomic E-state index is 5.52. The second kappa shape index (κ2) is 5.38. The van der Waals surface area contributed by atoms with Crippen molar-refractivity contribution in [2.24, 2.45) is 0 Å². The number of morpholine rings is 1. The lowest BCUT2D eigenvalue weighted by Gasteiger charge is -2.35. The zero-order chi connectivity index (χ0) is 12.4. The van der Waals surface area contributed by atoms with Gasteiger partial charge in [-0.15, -0.1) is 0 Å². The second-order valence-electron chi connectivity index (χ2n) is 5.32. The first kappa shape index (κ1) is 12.1. The van der Waals surface area contributed by atoms with E-state index in [-0.39, 0.29) is 0 Å². The maximum Gasteiger partial charge on any atom is 0.122 e. The van der Waals surface area contributed by atoms with E-state index in [2.05, 4.69) is 32.9 Å². The van der Waals surface area contributed by atoms with Crippen molar-refractivity contribution in [3.05, 3.63) is 18.2 Å². The summed E-state index contributed by atoms with van der Waals surface area (Å²) < 4.78 is 7.77. The molecule has 2 aliphatic heterocycles. The Morgan fingerprint density at radius 3 is 3.33 bits per heavy atom. The molecule has 1 saturated heterocycles. The molecular formula is C13H22N4O. The Morgan fingerprint density at radius 2 is 2.50 bits per heavy atom. The van der Waals surface area contributed by atoms with Crippen LogP contribution in [0, 0.1) is 0 Å². The van der Waals surface area contributed by atoms with Gasteiger partial charge in [0.05, 0.1) is 19.8 Å². The normalized spacial score (nSPS) is 26.8.